The van der Waals surface area contributed by atoms with Crippen molar-refractivity contribution in [2.75, 3.05) is 6.54 Å². The smallest absolute Gasteiger partial charge is 0.273 e. The van der Waals surface area contributed by atoms with Crippen molar-refractivity contribution in [1.82, 2.24) is 20.4 Å². The lowest BCUT2D eigenvalue weighted by molar-refractivity contribution is 0.0945. The van der Waals surface area contributed by atoms with Gasteiger partial charge in [0.1, 0.15) is 11.6 Å². The van der Waals surface area contributed by atoms with E-state index in [1.54, 1.807) is 25.4 Å². The van der Waals surface area contributed by atoms with E-state index in [9.17, 15) is 4.79 Å². The molecule has 0 aliphatic heterocycles. The molecule has 6 nitrogen and oxygen atoms in total. The first-order valence-corrected chi connectivity index (χ1v) is 4.95. The van der Waals surface area contributed by atoms with E-state index in [2.05, 4.69) is 20.4 Å². The minimum Gasteiger partial charge on any atom is -0.361 e. The Morgan fingerprint density at radius 1 is 1.62 bits per heavy atom. The number of amides is 1. The number of carbonyl (C=O) groups excluding carboxylic acids is 1. The fourth-order valence-corrected chi connectivity index (χ4v) is 1.29. The van der Waals surface area contributed by atoms with Gasteiger partial charge in [0.2, 0.25) is 0 Å². The number of nitrogens with one attached hydrogen (secondary N) is 2. The summed E-state index contributed by atoms with van der Waals surface area (Å²) in [6.45, 7) is 2.25. The van der Waals surface area contributed by atoms with Gasteiger partial charge in [-0.1, -0.05) is 5.16 Å². The Morgan fingerprint density at radius 3 is 3.12 bits per heavy atom. The lowest BCUT2D eigenvalue weighted by Crippen LogP contribution is -2.26. The highest BCUT2D eigenvalue weighted by Gasteiger charge is 2.09. The summed E-state index contributed by atoms with van der Waals surface area (Å²) < 4.78 is 4.81. The number of carbonyl (C=O) groups is 1. The van der Waals surface area contributed by atoms with Gasteiger partial charge in [0, 0.05) is 31.4 Å². The second-order valence-corrected chi connectivity index (χ2v) is 3.36. The molecule has 2 rings (SSSR count). The number of hydrogen-bond acceptors (Lipinski definition) is 4. The molecule has 0 bridgehead atoms. The molecule has 0 aromatic carbocycles. The molecule has 2 aromatic heterocycles. The average Bonchev–Trinajstić information content (AvgIpc) is 2.89. The third-order valence-electron chi connectivity index (χ3n) is 2.06. The predicted octanol–water partition coefficient (Wildman–Crippen LogP) is 0.679. The lowest BCUT2D eigenvalue weighted by atomic mass is 10.3. The number of rotatable bonds is 4. The number of aromatic amines is 1. The molecule has 0 spiro atoms. The van der Waals surface area contributed by atoms with E-state index in [0.29, 0.717) is 24.4 Å². The molecular weight excluding hydrogens is 208 g/mol. The Hall–Kier alpha value is -2.11. The molecule has 6 heteroatoms. The number of nitrogens with zero attached hydrogens (tertiary/aromatic N) is 2. The molecular formula is C10H12N4O2. The number of H-pyrrole nitrogens is 1. The summed E-state index contributed by atoms with van der Waals surface area (Å²) in [7, 11) is 0. The molecule has 16 heavy (non-hydrogen) atoms. The van der Waals surface area contributed by atoms with Crippen LogP contribution in [-0.4, -0.2) is 27.6 Å². The molecule has 0 atom stereocenters. The molecule has 0 radical (unpaired) electrons. The highest BCUT2D eigenvalue weighted by Crippen LogP contribution is 2.00. The van der Waals surface area contributed by atoms with E-state index >= 15 is 0 Å². The zero-order valence-electron chi connectivity index (χ0n) is 8.86. The first-order valence-electron chi connectivity index (χ1n) is 4.95. The van der Waals surface area contributed by atoms with Crippen molar-refractivity contribution >= 4 is 5.91 Å². The van der Waals surface area contributed by atoms with Gasteiger partial charge in [0.05, 0.1) is 0 Å². The molecule has 0 saturated heterocycles. The van der Waals surface area contributed by atoms with Crippen LogP contribution < -0.4 is 5.32 Å². The van der Waals surface area contributed by atoms with Crippen molar-refractivity contribution in [3.8, 4) is 0 Å². The monoisotopic (exact) mass is 220 g/mol. The van der Waals surface area contributed by atoms with Crippen molar-refractivity contribution in [3.05, 3.63) is 35.7 Å². The standard InChI is InChI=1S/C10H12N4O2/c1-7-6-8(14-16-7)10(15)13-3-2-9-11-4-5-12-9/h4-6H,2-3H2,1H3,(H,11,12)(H,13,15). The third-order valence-corrected chi connectivity index (χ3v) is 2.06. The fourth-order valence-electron chi connectivity index (χ4n) is 1.29. The molecule has 2 heterocycles. The number of hydrogen-bond donors (Lipinski definition) is 2. The van der Waals surface area contributed by atoms with Crippen LogP contribution >= 0.6 is 0 Å². The minimum absolute atomic E-state index is 0.233. The van der Waals surface area contributed by atoms with Gasteiger partial charge < -0.3 is 14.8 Å². The third kappa shape index (κ3) is 2.47. The summed E-state index contributed by atoms with van der Waals surface area (Å²) in [6, 6.07) is 1.60. The summed E-state index contributed by atoms with van der Waals surface area (Å²) in [5.74, 6) is 1.23. The Morgan fingerprint density at radius 2 is 2.50 bits per heavy atom. The minimum atomic E-state index is -0.233. The molecule has 0 fully saturated rings. The Labute approximate surface area is 92.1 Å². The number of aromatic nitrogens is 3. The van der Waals surface area contributed by atoms with Gasteiger partial charge in [-0.05, 0) is 6.92 Å². The van der Waals surface area contributed by atoms with Crippen LogP contribution in [0.5, 0.6) is 0 Å². The largest absolute Gasteiger partial charge is 0.361 e. The highest BCUT2D eigenvalue weighted by molar-refractivity contribution is 5.92. The Bertz CT molecular complexity index is 461. The molecule has 0 aliphatic carbocycles. The van der Waals surface area contributed by atoms with E-state index < -0.39 is 0 Å². The van der Waals surface area contributed by atoms with Crippen molar-refractivity contribution < 1.29 is 9.32 Å². The summed E-state index contributed by atoms with van der Waals surface area (Å²) in [4.78, 5) is 18.5. The summed E-state index contributed by atoms with van der Waals surface area (Å²) in [5.41, 5.74) is 0.303. The van der Waals surface area contributed by atoms with Crippen molar-refractivity contribution in [2.24, 2.45) is 0 Å². The first-order chi connectivity index (χ1) is 7.75. The maximum Gasteiger partial charge on any atom is 0.273 e. The second kappa shape index (κ2) is 4.61. The predicted molar refractivity (Wildman–Crippen MR) is 55.9 cm³/mol. The maximum absolute atomic E-state index is 11.5. The van der Waals surface area contributed by atoms with Gasteiger partial charge in [0.25, 0.3) is 5.91 Å². The summed E-state index contributed by atoms with van der Waals surface area (Å²) in [6.07, 6.45) is 4.09. The van der Waals surface area contributed by atoms with Gasteiger partial charge in [-0.3, -0.25) is 4.79 Å². The molecule has 84 valence electrons. The van der Waals surface area contributed by atoms with Crippen LogP contribution in [0.3, 0.4) is 0 Å². The van der Waals surface area contributed by atoms with Crippen LogP contribution in [0.1, 0.15) is 22.1 Å². The molecule has 0 aliphatic rings. The average molecular weight is 220 g/mol. The van der Waals surface area contributed by atoms with Gasteiger partial charge in [-0.25, -0.2) is 4.98 Å². The quantitative estimate of drug-likeness (QED) is 0.793. The van der Waals surface area contributed by atoms with Crippen molar-refractivity contribution in [1.29, 1.82) is 0 Å². The number of imidazole rings is 1. The zero-order valence-corrected chi connectivity index (χ0v) is 8.86. The van der Waals surface area contributed by atoms with Crippen LogP contribution in [0.25, 0.3) is 0 Å². The second-order valence-electron chi connectivity index (χ2n) is 3.36. The van der Waals surface area contributed by atoms with E-state index in [-0.39, 0.29) is 5.91 Å². The molecule has 2 aromatic rings. The first kappa shape index (κ1) is 10.4. The zero-order chi connectivity index (χ0) is 11.4. The van der Waals surface area contributed by atoms with Gasteiger partial charge in [-0.15, -0.1) is 0 Å². The van der Waals surface area contributed by atoms with Crippen LogP contribution in [0, 0.1) is 6.92 Å². The summed E-state index contributed by atoms with van der Waals surface area (Å²) >= 11 is 0. The van der Waals surface area contributed by atoms with Crippen LogP contribution in [0.2, 0.25) is 0 Å². The Kier molecular flexibility index (Phi) is 3.00. The SMILES string of the molecule is Cc1cc(C(=O)NCCc2ncc[nH]2)no1. The molecule has 1 amide bonds. The molecule has 0 saturated carbocycles. The summed E-state index contributed by atoms with van der Waals surface area (Å²) in [5, 5.41) is 6.35. The van der Waals surface area contributed by atoms with Gasteiger partial charge in [-0.2, -0.15) is 0 Å². The van der Waals surface area contributed by atoms with Crippen LogP contribution in [0.4, 0.5) is 0 Å². The van der Waals surface area contributed by atoms with Crippen molar-refractivity contribution in [2.45, 2.75) is 13.3 Å². The lowest BCUT2D eigenvalue weighted by Gasteiger charge is -2.00. The molecule has 0 unspecified atom stereocenters. The van der Waals surface area contributed by atoms with E-state index in [4.69, 9.17) is 4.52 Å². The normalized spacial score (nSPS) is 10.3. The number of aryl methyl sites for hydroxylation is 1. The van der Waals surface area contributed by atoms with Crippen molar-refractivity contribution in [3.63, 3.8) is 0 Å². The van der Waals surface area contributed by atoms with Gasteiger partial charge in [0.15, 0.2) is 5.69 Å². The fraction of sp³-hybridized carbons (Fsp3) is 0.300. The Balaban J connectivity index is 1.80. The van der Waals surface area contributed by atoms with Gasteiger partial charge >= 0.3 is 0 Å². The van der Waals surface area contributed by atoms with E-state index in [0.717, 1.165) is 5.82 Å². The molecule has 2 N–H and O–H groups in total. The topological polar surface area (TPSA) is 83.8 Å². The van der Waals surface area contributed by atoms with Crippen LogP contribution in [0.15, 0.2) is 23.0 Å². The van der Waals surface area contributed by atoms with Crippen LogP contribution in [-0.2, 0) is 6.42 Å². The van der Waals surface area contributed by atoms with E-state index in [1.165, 1.54) is 0 Å². The maximum atomic E-state index is 11.5. The highest BCUT2D eigenvalue weighted by atomic mass is 16.5. The van der Waals surface area contributed by atoms with E-state index in [1.807, 2.05) is 0 Å².